The van der Waals surface area contributed by atoms with Gasteiger partial charge in [-0.1, -0.05) is 0 Å². The molecule has 1 saturated carbocycles. The first-order valence-electron chi connectivity index (χ1n) is 5.08. The normalized spacial score (nSPS) is 16.1. The number of aryl methyl sites for hydroxylation is 1. The predicted octanol–water partition coefficient (Wildman–Crippen LogP) is 0.732. The Morgan fingerprint density at radius 1 is 1.59 bits per heavy atom. The summed E-state index contributed by atoms with van der Waals surface area (Å²) in [4.78, 5) is 15.0. The Bertz CT molecular complexity index is 545. The van der Waals surface area contributed by atoms with Gasteiger partial charge in [0.2, 0.25) is 10.0 Å². The SMILES string of the molecule is Cc1nc(CNS(=O)(=O)C2CC2)sc1C(=O)O. The second kappa shape index (κ2) is 4.35. The molecule has 0 aromatic carbocycles. The topological polar surface area (TPSA) is 96.4 Å². The first-order chi connectivity index (χ1) is 7.90. The van der Waals surface area contributed by atoms with E-state index in [0.717, 1.165) is 11.3 Å². The molecule has 6 nitrogen and oxygen atoms in total. The zero-order chi connectivity index (χ0) is 12.6. The quantitative estimate of drug-likeness (QED) is 0.826. The molecule has 1 aromatic rings. The highest BCUT2D eigenvalue weighted by Crippen LogP contribution is 2.27. The highest BCUT2D eigenvalue weighted by atomic mass is 32.2. The van der Waals surface area contributed by atoms with Crippen LogP contribution in [0.25, 0.3) is 0 Å². The minimum Gasteiger partial charge on any atom is -0.477 e. The Morgan fingerprint density at radius 3 is 2.71 bits per heavy atom. The summed E-state index contributed by atoms with van der Waals surface area (Å²) in [5, 5.41) is 9.04. The van der Waals surface area contributed by atoms with Crippen molar-refractivity contribution in [1.82, 2.24) is 9.71 Å². The molecular weight excluding hydrogens is 264 g/mol. The Morgan fingerprint density at radius 2 is 2.24 bits per heavy atom. The van der Waals surface area contributed by atoms with Crippen LogP contribution in [0.15, 0.2) is 0 Å². The van der Waals surface area contributed by atoms with Gasteiger partial charge in [0.15, 0.2) is 0 Å². The van der Waals surface area contributed by atoms with Crippen molar-refractivity contribution < 1.29 is 18.3 Å². The number of nitrogens with zero attached hydrogens (tertiary/aromatic N) is 1. The van der Waals surface area contributed by atoms with Crippen molar-refractivity contribution in [3.05, 3.63) is 15.6 Å². The van der Waals surface area contributed by atoms with E-state index >= 15 is 0 Å². The molecule has 0 saturated heterocycles. The van der Waals surface area contributed by atoms with Crippen LogP contribution in [-0.2, 0) is 16.6 Å². The molecule has 1 aromatic heterocycles. The smallest absolute Gasteiger partial charge is 0.347 e. The average Bonchev–Trinajstić information content (AvgIpc) is 3.00. The van der Waals surface area contributed by atoms with E-state index in [2.05, 4.69) is 9.71 Å². The van der Waals surface area contributed by atoms with E-state index in [1.807, 2.05) is 0 Å². The Balaban J connectivity index is 2.04. The van der Waals surface area contributed by atoms with Crippen LogP contribution in [0.2, 0.25) is 0 Å². The molecule has 0 atom stereocenters. The number of sulfonamides is 1. The van der Waals surface area contributed by atoms with Crippen molar-refractivity contribution in [2.24, 2.45) is 0 Å². The Hall–Kier alpha value is -0.990. The average molecular weight is 276 g/mol. The molecule has 1 fully saturated rings. The molecule has 94 valence electrons. The molecule has 0 unspecified atom stereocenters. The van der Waals surface area contributed by atoms with Crippen LogP contribution < -0.4 is 4.72 Å². The van der Waals surface area contributed by atoms with Gasteiger partial charge in [-0.15, -0.1) is 11.3 Å². The second-order valence-corrected chi connectivity index (χ2v) is 7.02. The lowest BCUT2D eigenvalue weighted by molar-refractivity contribution is 0.0701. The van der Waals surface area contributed by atoms with Crippen LogP contribution in [0.3, 0.4) is 0 Å². The first kappa shape index (κ1) is 12.5. The zero-order valence-electron chi connectivity index (χ0n) is 9.13. The maximum Gasteiger partial charge on any atom is 0.347 e. The van der Waals surface area contributed by atoms with Gasteiger partial charge < -0.3 is 5.11 Å². The van der Waals surface area contributed by atoms with Gasteiger partial charge in [0, 0.05) is 0 Å². The molecule has 0 bridgehead atoms. The maximum absolute atomic E-state index is 11.5. The summed E-state index contributed by atoms with van der Waals surface area (Å²) in [6.07, 6.45) is 1.40. The number of hydrogen-bond donors (Lipinski definition) is 2. The summed E-state index contributed by atoms with van der Waals surface area (Å²) in [5.41, 5.74) is 0.420. The fourth-order valence-electron chi connectivity index (χ4n) is 1.38. The van der Waals surface area contributed by atoms with Crippen LogP contribution in [-0.4, -0.2) is 29.7 Å². The number of carboxylic acids is 1. The molecule has 0 spiro atoms. The molecule has 0 amide bonds. The van der Waals surface area contributed by atoms with E-state index < -0.39 is 16.0 Å². The first-order valence-corrected chi connectivity index (χ1v) is 7.44. The number of aromatic carboxylic acids is 1. The molecule has 1 heterocycles. The highest BCUT2D eigenvalue weighted by molar-refractivity contribution is 7.90. The molecule has 2 N–H and O–H groups in total. The lowest BCUT2D eigenvalue weighted by Gasteiger charge is -2.01. The van der Waals surface area contributed by atoms with E-state index in [9.17, 15) is 13.2 Å². The molecule has 0 radical (unpaired) electrons. The van der Waals surface area contributed by atoms with E-state index in [1.54, 1.807) is 6.92 Å². The van der Waals surface area contributed by atoms with Crippen LogP contribution in [0.1, 0.15) is 33.2 Å². The van der Waals surface area contributed by atoms with Crippen LogP contribution in [0, 0.1) is 6.92 Å². The standard InChI is InChI=1S/C9H12N2O4S2/c1-5-8(9(12)13)16-7(11-5)4-10-17(14,15)6-2-3-6/h6,10H,2-4H2,1H3,(H,12,13). The fraction of sp³-hybridized carbons (Fsp3) is 0.556. The molecular formula is C9H12N2O4S2. The van der Waals surface area contributed by atoms with Crippen molar-refractivity contribution in [3.63, 3.8) is 0 Å². The summed E-state index contributed by atoms with van der Waals surface area (Å²) in [6.45, 7) is 1.66. The minimum absolute atomic E-state index is 0.0671. The van der Waals surface area contributed by atoms with Crippen LogP contribution in [0.5, 0.6) is 0 Å². The van der Waals surface area contributed by atoms with E-state index in [-0.39, 0.29) is 16.7 Å². The number of aromatic nitrogens is 1. The van der Waals surface area contributed by atoms with Crippen molar-refractivity contribution in [2.45, 2.75) is 31.6 Å². The Kier molecular flexibility index (Phi) is 3.19. The zero-order valence-corrected chi connectivity index (χ0v) is 10.8. The summed E-state index contributed by atoms with van der Waals surface area (Å²) < 4.78 is 25.5. The molecule has 2 rings (SSSR count). The van der Waals surface area contributed by atoms with Gasteiger partial charge in [0.05, 0.1) is 17.5 Å². The van der Waals surface area contributed by atoms with Gasteiger partial charge in [-0.2, -0.15) is 0 Å². The lowest BCUT2D eigenvalue weighted by atomic mass is 10.4. The predicted molar refractivity (Wildman–Crippen MR) is 62.6 cm³/mol. The van der Waals surface area contributed by atoms with Crippen molar-refractivity contribution >= 4 is 27.3 Å². The van der Waals surface area contributed by atoms with Crippen LogP contribution >= 0.6 is 11.3 Å². The van der Waals surface area contributed by atoms with E-state index in [1.165, 1.54) is 0 Å². The number of hydrogen-bond acceptors (Lipinski definition) is 5. The lowest BCUT2D eigenvalue weighted by Crippen LogP contribution is -2.26. The summed E-state index contributed by atoms with van der Waals surface area (Å²) in [6, 6.07) is 0. The minimum atomic E-state index is -3.24. The van der Waals surface area contributed by atoms with Gasteiger partial charge in [0.25, 0.3) is 0 Å². The molecule has 1 aliphatic carbocycles. The Labute approximate surface area is 103 Å². The molecule has 8 heteroatoms. The van der Waals surface area contributed by atoms with Gasteiger partial charge in [-0.3, -0.25) is 0 Å². The highest BCUT2D eigenvalue weighted by Gasteiger charge is 2.35. The fourth-order valence-corrected chi connectivity index (χ4v) is 3.65. The van der Waals surface area contributed by atoms with Crippen LogP contribution in [0.4, 0.5) is 0 Å². The number of carbonyl (C=O) groups is 1. The largest absolute Gasteiger partial charge is 0.477 e. The number of nitrogens with one attached hydrogen (secondary N) is 1. The number of rotatable bonds is 5. The molecule has 1 aliphatic rings. The van der Waals surface area contributed by atoms with E-state index in [4.69, 9.17) is 5.11 Å². The summed E-state index contributed by atoms with van der Waals surface area (Å²) in [5.74, 6) is -1.03. The van der Waals surface area contributed by atoms with Gasteiger partial charge in [-0.25, -0.2) is 22.9 Å². The van der Waals surface area contributed by atoms with Gasteiger partial charge in [-0.05, 0) is 19.8 Å². The maximum atomic E-state index is 11.5. The summed E-state index contributed by atoms with van der Waals surface area (Å²) >= 11 is 1.00. The van der Waals surface area contributed by atoms with Gasteiger partial charge in [0.1, 0.15) is 9.88 Å². The van der Waals surface area contributed by atoms with Crippen molar-refractivity contribution in [2.75, 3.05) is 0 Å². The van der Waals surface area contributed by atoms with Gasteiger partial charge >= 0.3 is 5.97 Å². The third kappa shape index (κ3) is 2.82. The molecule has 0 aliphatic heterocycles. The van der Waals surface area contributed by atoms with Crippen molar-refractivity contribution in [1.29, 1.82) is 0 Å². The second-order valence-electron chi connectivity index (χ2n) is 3.89. The number of thiazole rings is 1. The third-order valence-electron chi connectivity index (χ3n) is 2.42. The number of carboxylic acid groups (broad SMARTS) is 1. The van der Waals surface area contributed by atoms with E-state index in [0.29, 0.717) is 23.5 Å². The summed E-state index contributed by atoms with van der Waals surface area (Å²) in [7, 11) is -3.24. The van der Waals surface area contributed by atoms with Crippen molar-refractivity contribution in [3.8, 4) is 0 Å². The monoisotopic (exact) mass is 276 g/mol. The third-order valence-corrected chi connectivity index (χ3v) is 5.46. The molecule has 17 heavy (non-hydrogen) atoms.